The maximum atomic E-state index is 11.1. The Hall–Kier alpha value is -0.320. The lowest BCUT2D eigenvalue weighted by molar-refractivity contribution is -0.159. The summed E-state index contributed by atoms with van der Waals surface area (Å²) in [6.07, 6.45) is 1.13. The van der Waals surface area contributed by atoms with E-state index in [0.717, 1.165) is 6.42 Å². The molecule has 0 aliphatic carbocycles. The van der Waals surface area contributed by atoms with Crippen molar-refractivity contribution in [1.29, 1.82) is 0 Å². The maximum absolute atomic E-state index is 11.1. The molecule has 1 aliphatic rings. The van der Waals surface area contributed by atoms with Gasteiger partial charge in [0.15, 0.2) is 6.10 Å². The van der Waals surface area contributed by atoms with Crippen molar-refractivity contribution in [3.8, 4) is 0 Å². The molecule has 0 aromatic rings. The Labute approximate surface area is 84.2 Å². The first-order valence-corrected chi connectivity index (χ1v) is 4.28. The Kier molecular flexibility index (Phi) is 6.03. The highest BCUT2D eigenvalue weighted by atomic mass is 35.5. The SMILES string of the molecule is CCOC(=O)[C@H]1CC[C@H](N)CO1.Cl. The third kappa shape index (κ3) is 3.93. The van der Waals surface area contributed by atoms with Gasteiger partial charge in [-0.3, -0.25) is 0 Å². The van der Waals surface area contributed by atoms with E-state index in [-0.39, 0.29) is 30.5 Å². The largest absolute Gasteiger partial charge is 0.464 e. The van der Waals surface area contributed by atoms with Gasteiger partial charge in [0.2, 0.25) is 0 Å². The van der Waals surface area contributed by atoms with Gasteiger partial charge in [-0.25, -0.2) is 4.79 Å². The molecule has 0 saturated carbocycles. The molecule has 78 valence electrons. The fourth-order valence-electron chi connectivity index (χ4n) is 1.19. The molecule has 0 aromatic heterocycles. The number of carbonyl (C=O) groups is 1. The summed E-state index contributed by atoms with van der Waals surface area (Å²) < 4.78 is 10.0. The van der Waals surface area contributed by atoms with E-state index in [1.165, 1.54) is 0 Å². The topological polar surface area (TPSA) is 61.5 Å². The van der Waals surface area contributed by atoms with Gasteiger partial charge in [0.25, 0.3) is 0 Å². The molecule has 2 N–H and O–H groups in total. The van der Waals surface area contributed by atoms with Crippen molar-refractivity contribution < 1.29 is 14.3 Å². The number of hydrogen-bond donors (Lipinski definition) is 1. The van der Waals surface area contributed by atoms with Gasteiger partial charge >= 0.3 is 5.97 Å². The first kappa shape index (κ1) is 12.7. The number of hydrogen-bond acceptors (Lipinski definition) is 4. The van der Waals surface area contributed by atoms with Crippen LogP contribution in [0.4, 0.5) is 0 Å². The van der Waals surface area contributed by atoms with E-state index >= 15 is 0 Å². The first-order chi connectivity index (χ1) is 5.74. The second-order valence-electron chi connectivity index (χ2n) is 2.91. The van der Waals surface area contributed by atoms with Crippen LogP contribution in [0.3, 0.4) is 0 Å². The predicted molar refractivity (Wildman–Crippen MR) is 50.8 cm³/mol. The molecule has 0 spiro atoms. The van der Waals surface area contributed by atoms with Crippen molar-refractivity contribution in [3.05, 3.63) is 0 Å². The van der Waals surface area contributed by atoms with Gasteiger partial charge in [0, 0.05) is 6.04 Å². The van der Waals surface area contributed by atoms with Crippen molar-refractivity contribution in [1.82, 2.24) is 0 Å². The maximum Gasteiger partial charge on any atom is 0.335 e. The van der Waals surface area contributed by atoms with Crippen LogP contribution in [0, 0.1) is 0 Å². The van der Waals surface area contributed by atoms with Crippen LogP contribution in [0.25, 0.3) is 0 Å². The van der Waals surface area contributed by atoms with Crippen LogP contribution in [-0.4, -0.2) is 31.3 Å². The molecule has 0 radical (unpaired) electrons. The van der Waals surface area contributed by atoms with Crippen molar-refractivity contribution in [2.45, 2.75) is 31.9 Å². The second kappa shape index (κ2) is 6.18. The Bertz CT molecular complexity index is 157. The van der Waals surface area contributed by atoms with Gasteiger partial charge in [0.05, 0.1) is 13.2 Å². The van der Waals surface area contributed by atoms with Crippen molar-refractivity contribution in [2.75, 3.05) is 13.2 Å². The minimum Gasteiger partial charge on any atom is -0.464 e. The normalized spacial score (nSPS) is 27.5. The minimum atomic E-state index is -0.384. The molecule has 5 heteroatoms. The Balaban J connectivity index is 0.00000144. The molecule has 1 saturated heterocycles. The van der Waals surface area contributed by atoms with Gasteiger partial charge < -0.3 is 15.2 Å². The lowest BCUT2D eigenvalue weighted by Gasteiger charge is -2.24. The number of ether oxygens (including phenoxy) is 2. The van der Waals surface area contributed by atoms with Crippen molar-refractivity contribution in [3.63, 3.8) is 0 Å². The lowest BCUT2D eigenvalue weighted by atomic mass is 10.1. The molecule has 1 fully saturated rings. The number of nitrogens with two attached hydrogens (primary N) is 1. The van der Waals surface area contributed by atoms with Crippen molar-refractivity contribution >= 4 is 18.4 Å². The van der Waals surface area contributed by atoms with Crippen LogP contribution in [0.15, 0.2) is 0 Å². The van der Waals surface area contributed by atoms with Crippen LogP contribution in [0.2, 0.25) is 0 Å². The molecule has 1 heterocycles. The lowest BCUT2D eigenvalue weighted by Crippen LogP contribution is -2.39. The quantitative estimate of drug-likeness (QED) is 0.672. The summed E-state index contributed by atoms with van der Waals surface area (Å²) in [6, 6.07) is 0.0793. The van der Waals surface area contributed by atoms with Crippen LogP contribution in [-0.2, 0) is 14.3 Å². The monoisotopic (exact) mass is 209 g/mol. The zero-order valence-corrected chi connectivity index (χ0v) is 8.51. The Morgan fingerprint density at radius 3 is 2.77 bits per heavy atom. The summed E-state index contributed by atoms with van der Waals surface area (Å²) in [4.78, 5) is 11.1. The molecule has 0 amide bonds. The molecular weight excluding hydrogens is 194 g/mol. The van der Waals surface area contributed by atoms with Crippen LogP contribution in [0.5, 0.6) is 0 Å². The fourth-order valence-corrected chi connectivity index (χ4v) is 1.19. The summed E-state index contributed by atoms with van der Waals surface area (Å²) in [5.74, 6) is -0.260. The number of halogens is 1. The fraction of sp³-hybridized carbons (Fsp3) is 0.875. The highest BCUT2D eigenvalue weighted by Gasteiger charge is 2.25. The van der Waals surface area contributed by atoms with E-state index in [0.29, 0.717) is 19.6 Å². The molecule has 1 rings (SSSR count). The van der Waals surface area contributed by atoms with Gasteiger partial charge in [-0.1, -0.05) is 0 Å². The average Bonchev–Trinajstić information content (AvgIpc) is 2.06. The average molecular weight is 210 g/mol. The molecule has 0 bridgehead atoms. The summed E-state index contributed by atoms with van der Waals surface area (Å²) in [7, 11) is 0. The molecule has 4 nitrogen and oxygen atoms in total. The van der Waals surface area contributed by atoms with Gasteiger partial charge in [0.1, 0.15) is 0 Å². The Morgan fingerprint density at radius 2 is 2.31 bits per heavy atom. The van der Waals surface area contributed by atoms with Crippen LogP contribution in [0.1, 0.15) is 19.8 Å². The molecule has 2 atom stereocenters. The highest BCUT2D eigenvalue weighted by molar-refractivity contribution is 5.85. The van der Waals surface area contributed by atoms with Gasteiger partial charge in [-0.2, -0.15) is 0 Å². The van der Waals surface area contributed by atoms with Crippen LogP contribution < -0.4 is 5.73 Å². The van der Waals surface area contributed by atoms with E-state index < -0.39 is 0 Å². The molecule has 1 aliphatic heterocycles. The van der Waals surface area contributed by atoms with E-state index in [9.17, 15) is 4.79 Å². The molecule has 13 heavy (non-hydrogen) atoms. The number of carbonyl (C=O) groups excluding carboxylic acids is 1. The third-order valence-corrected chi connectivity index (χ3v) is 1.86. The third-order valence-electron chi connectivity index (χ3n) is 1.86. The standard InChI is InChI=1S/C8H15NO3.ClH/c1-2-11-8(10)7-4-3-6(9)5-12-7;/h6-7H,2-5,9H2,1H3;1H/t6-,7+;/m0./s1. The summed E-state index contributed by atoms with van der Waals surface area (Å²) in [5, 5.41) is 0. The summed E-state index contributed by atoms with van der Waals surface area (Å²) >= 11 is 0. The van der Waals surface area contributed by atoms with Crippen LogP contribution >= 0.6 is 12.4 Å². The summed E-state index contributed by atoms with van der Waals surface area (Å²) in [5.41, 5.74) is 5.59. The Morgan fingerprint density at radius 1 is 1.62 bits per heavy atom. The molecule has 0 unspecified atom stereocenters. The highest BCUT2D eigenvalue weighted by Crippen LogP contribution is 2.13. The van der Waals surface area contributed by atoms with E-state index in [1.807, 2.05) is 0 Å². The van der Waals surface area contributed by atoms with Crippen molar-refractivity contribution in [2.24, 2.45) is 5.73 Å². The zero-order valence-electron chi connectivity index (χ0n) is 7.69. The molecular formula is C8H16ClNO3. The predicted octanol–water partition coefficient (Wildman–Crippen LogP) is 0.478. The summed E-state index contributed by atoms with van der Waals surface area (Å²) in [6.45, 7) is 2.65. The van der Waals surface area contributed by atoms with E-state index in [1.54, 1.807) is 6.92 Å². The van der Waals surface area contributed by atoms with Gasteiger partial charge in [-0.05, 0) is 19.8 Å². The van der Waals surface area contributed by atoms with E-state index in [4.69, 9.17) is 15.2 Å². The zero-order chi connectivity index (χ0) is 8.97. The number of rotatable bonds is 2. The minimum absolute atomic E-state index is 0. The van der Waals surface area contributed by atoms with E-state index in [2.05, 4.69) is 0 Å². The van der Waals surface area contributed by atoms with Gasteiger partial charge in [-0.15, -0.1) is 12.4 Å². The second-order valence-corrected chi connectivity index (χ2v) is 2.91. The first-order valence-electron chi connectivity index (χ1n) is 4.28. The number of esters is 1. The molecule has 0 aromatic carbocycles. The smallest absolute Gasteiger partial charge is 0.335 e.